The standard InChI is InChI=1S/C11H12N6O3/c1-6-14-15-11(16(6)2)13-10(18)8-5-7(17(19)20)3-4-9(8)12/h3-5H,12H2,1-2H3,(H,13,15,18). The zero-order valence-electron chi connectivity index (χ0n) is 10.8. The van der Waals surface area contributed by atoms with Crippen LogP contribution in [0, 0.1) is 17.0 Å². The molecule has 0 saturated carbocycles. The topological polar surface area (TPSA) is 129 Å². The van der Waals surface area contributed by atoms with Crippen LogP contribution in [-0.4, -0.2) is 25.6 Å². The summed E-state index contributed by atoms with van der Waals surface area (Å²) >= 11 is 0. The van der Waals surface area contributed by atoms with Crippen LogP contribution in [0.4, 0.5) is 17.3 Å². The van der Waals surface area contributed by atoms with Crippen molar-refractivity contribution in [1.82, 2.24) is 14.8 Å². The van der Waals surface area contributed by atoms with Crippen LogP contribution in [0.2, 0.25) is 0 Å². The molecule has 0 atom stereocenters. The summed E-state index contributed by atoms with van der Waals surface area (Å²) in [4.78, 5) is 22.2. The van der Waals surface area contributed by atoms with Gasteiger partial charge in [0.2, 0.25) is 5.95 Å². The van der Waals surface area contributed by atoms with Crippen LogP contribution in [0.3, 0.4) is 0 Å². The molecule has 1 heterocycles. The average molecular weight is 276 g/mol. The summed E-state index contributed by atoms with van der Waals surface area (Å²) in [6.07, 6.45) is 0. The van der Waals surface area contributed by atoms with E-state index in [0.717, 1.165) is 6.07 Å². The molecule has 9 heteroatoms. The van der Waals surface area contributed by atoms with Crippen molar-refractivity contribution in [2.45, 2.75) is 6.92 Å². The quantitative estimate of drug-likeness (QED) is 0.486. The second-order valence-electron chi connectivity index (χ2n) is 4.11. The summed E-state index contributed by atoms with van der Waals surface area (Å²) in [6.45, 7) is 1.73. The van der Waals surface area contributed by atoms with Crippen molar-refractivity contribution in [3.8, 4) is 0 Å². The first-order valence-electron chi connectivity index (χ1n) is 5.61. The van der Waals surface area contributed by atoms with Crippen LogP contribution in [-0.2, 0) is 7.05 Å². The number of nitrogens with one attached hydrogen (secondary N) is 1. The number of benzene rings is 1. The molecule has 0 saturated heterocycles. The van der Waals surface area contributed by atoms with Gasteiger partial charge in [0.05, 0.1) is 10.5 Å². The van der Waals surface area contributed by atoms with Gasteiger partial charge in [-0.3, -0.25) is 20.2 Å². The van der Waals surface area contributed by atoms with Crippen LogP contribution in [0.1, 0.15) is 16.2 Å². The van der Waals surface area contributed by atoms with E-state index in [1.54, 1.807) is 18.5 Å². The number of non-ortho nitro benzene ring substituents is 1. The van der Waals surface area contributed by atoms with Crippen LogP contribution < -0.4 is 11.1 Å². The van der Waals surface area contributed by atoms with Gasteiger partial charge in [0.25, 0.3) is 11.6 Å². The number of hydrogen-bond acceptors (Lipinski definition) is 6. The Bertz CT molecular complexity index is 693. The molecular weight excluding hydrogens is 264 g/mol. The molecule has 0 aliphatic carbocycles. The summed E-state index contributed by atoms with van der Waals surface area (Å²) in [5.74, 6) is 0.271. The highest BCUT2D eigenvalue weighted by Crippen LogP contribution is 2.20. The summed E-state index contributed by atoms with van der Waals surface area (Å²) < 4.78 is 1.57. The van der Waals surface area contributed by atoms with E-state index < -0.39 is 10.8 Å². The summed E-state index contributed by atoms with van der Waals surface area (Å²) in [5, 5.41) is 20.8. The van der Waals surface area contributed by atoms with E-state index in [4.69, 9.17) is 5.73 Å². The lowest BCUT2D eigenvalue weighted by Crippen LogP contribution is -2.17. The number of rotatable bonds is 3. The fourth-order valence-corrected chi connectivity index (χ4v) is 1.54. The number of nitro benzene ring substituents is 1. The normalized spacial score (nSPS) is 10.3. The van der Waals surface area contributed by atoms with Gasteiger partial charge in [0, 0.05) is 24.9 Å². The summed E-state index contributed by atoms with van der Waals surface area (Å²) in [7, 11) is 1.68. The monoisotopic (exact) mass is 276 g/mol. The number of aromatic nitrogens is 3. The largest absolute Gasteiger partial charge is 0.398 e. The third-order valence-electron chi connectivity index (χ3n) is 2.81. The minimum atomic E-state index is -0.595. The van der Waals surface area contributed by atoms with E-state index in [9.17, 15) is 14.9 Å². The number of carbonyl (C=O) groups is 1. The van der Waals surface area contributed by atoms with E-state index in [1.165, 1.54) is 12.1 Å². The smallest absolute Gasteiger partial charge is 0.270 e. The minimum absolute atomic E-state index is 0.0138. The molecule has 2 aromatic rings. The molecule has 0 radical (unpaired) electrons. The first-order valence-corrected chi connectivity index (χ1v) is 5.61. The number of nitrogens with two attached hydrogens (primary N) is 1. The first-order chi connectivity index (χ1) is 9.40. The Morgan fingerprint density at radius 3 is 2.70 bits per heavy atom. The van der Waals surface area contributed by atoms with Gasteiger partial charge < -0.3 is 10.3 Å². The molecule has 20 heavy (non-hydrogen) atoms. The second-order valence-corrected chi connectivity index (χ2v) is 4.11. The molecule has 0 aliphatic heterocycles. The van der Waals surface area contributed by atoms with Gasteiger partial charge in [0.15, 0.2) is 0 Å². The Hall–Kier alpha value is -2.97. The highest BCUT2D eigenvalue weighted by atomic mass is 16.6. The van der Waals surface area contributed by atoms with Crippen LogP contribution in [0.5, 0.6) is 0 Å². The maximum Gasteiger partial charge on any atom is 0.270 e. The number of nitrogen functional groups attached to an aromatic ring is 1. The molecule has 0 bridgehead atoms. The number of nitro groups is 1. The first kappa shape index (κ1) is 13.5. The lowest BCUT2D eigenvalue weighted by Gasteiger charge is -2.06. The third-order valence-corrected chi connectivity index (χ3v) is 2.81. The molecule has 1 amide bonds. The molecule has 9 nitrogen and oxygen atoms in total. The van der Waals surface area contributed by atoms with Crippen molar-refractivity contribution < 1.29 is 9.72 Å². The Morgan fingerprint density at radius 1 is 1.45 bits per heavy atom. The lowest BCUT2D eigenvalue weighted by molar-refractivity contribution is -0.384. The predicted octanol–water partition coefficient (Wildman–Crippen LogP) is 0.866. The number of amides is 1. The Balaban J connectivity index is 2.31. The maximum atomic E-state index is 12.1. The number of nitrogens with zero attached hydrogens (tertiary/aromatic N) is 4. The fraction of sp³-hybridized carbons (Fsp3) is 0.182. The van der Waals surface area contributed by atoms with Crippen LogP contribution in [0.15, 0.2) is 18.2 Å². The Morgan fingerprint density at radius 2 is 2.15 bits per heavy atom. The summed E-state index contributed by atoms with van der Waals surface area (Å²) in [5.41, 5.74) is 5.61. The van der Waals surface area contributed by atoms with Crippen molar-refractivity contribution in [3.05, 3.63) is 39.7 Å². The van der Waals surface area contributed by atoms with Crippen molar-refractivity contribution >= 4 is 23.2 Å². The molecular formula is C11H12N6O3. The average Bonchev–Trinajstić information content (AvgIpc) is 2.71. The van der Waals surface area contributed by atoms with E-state index >= 15 is 0 Å². The van der Waals surface area contributed by atoms with Gasteiger partial charge in [-0.1, -0.05) is 0 Å². The van der Waals surface area contributed by atoms with Gasteiger partial charge in [-0.25, -0.2) is 0 Å². The number of anilines is 2. The van der Waals surface area contributed by atoms with E-state index in [2.05, 4.69) is 15.5 Å². The van der Waals surface area contributed by atoms with Crippen molar-refractivity contribution in [2.24, 2.45) is 7.05 Å². The molecule has 3 N–H and O–H groups in total. The van der Waals surface area contributed by atoms with Crippen molar-refractivity contribution in [1.29, 1.82) is 0 Å². The van der Waals surface area contributed by atoms with E-state index in [1.807, 2.05) is 0 Å². The van der Waals surface area contributed by atoms with Gasteiger partial charge >= 0.3 is 0 Å². The van der Waals surface area contributed by atoms with E-state index in [0.29, 0.717) is 5.82 Å². The van der Waals surface area contributed by atoms with Crippen molar-refractivity contribution in [3.63, 3.8) is 0 Å². The van der Waals surface area contributed by atoms with Crippen molar-refractivity contribution in [2.75, 3.05) is 11.1 Å². The van der Waals surface area contributed by atoms with Crippen LogP contribution >= 0.6 is 0 Å². The minimum Gasteiger partial charge on any atom is -0.398 e. The van der Waals surface area contributed by atoms with Gasteiger partial charge in [0.1, 0.15) is 5.82 Å². The molecule has 1 aromatic heterocycles. The third kappa shape index (κ3) is 2.41. The maximum absolute atomic E-state index is 12.1. The van der Waals surface area contributed by atoms with Crippen LogP contribution in [0.25, 0.3) is 0 Å². The van der Waals surface area contributed by atoms with Gasteiger partial charge in [-0.15, -0.1) is 10.2 Å². The molecule has 104 valence electrons. The Labute approximate surface area is 113 Å². The number of aryl methyl sites for hydroxylation is 1. The SMILES string of the molecule is Cc1nnc(NC(=O)c2cc([N+](=O)[O-])ccc2N)n1C. The molecule has 0 fully saturated rings. The van der Waals surface area contributed by atoms with Gasteiger partial charge in [-0.2, -0.15) is 0 Å². The molecule has 0 unspecified atom stereocenters. The lowest BCUT2D eigenvalue weighted by atomic mass is 10.1. The number of hydrogen-bond donors (Lipinski definition) is 2. The molecule has 2 rings (SSSR count). The second kappa shape index (κ2) is 4.96. The van der Waals surface area contributed by atoms with E-state index in [-0.39, 0.29) is 22.9 Å². The Kier molecular flexibility index (Phi) is 3.34. The molecule has 1 aromatic carbocycles. The fourth-order valence-electron chi connectivity index (χ4n) is 1.54. The molecule has 0 spiro atoms. The summed E-state index contributed by atoms with van der Waals surface area (Å²) in [6, 6.07) is 3.67. The number of carbonyl (C=O) groups excluding carboxylic acids is 1. The zero-order valence-corrected chi connectivity index (χ0v) is 10.8. The predicted molar refractivity (Wildman–Crippen MR) is 71.2 cm³/mol. The highest BCUT2D eigenvalue weighted by Gasteiger charge is 2.17. The molecule has 0 aliphatic rings. The highest BCUT2D eigenvalue weighted by molar-refractivity contribution is 6.07. The zero-order chi connectivity index (χ0) is 14.9. The van der Waals surface area contributed by atoms with Gasteiger partial charge in [-0.05, 0) is 13.0 Å².